The largest absolute Gasteiger partial charge is 0.260 e. The summed E-state index contributed by atoms with van der Waals surface area (Å²) < 4.78 is 0. The number of fused-ring (bicyclic) bond motifs is 1. The maximum absolute atomic E-state index is 6.19. The van der Waals surface area contributed by atoms with Crippen LogP contribution in [0.4, 0.5) is 5.82 Å². The topological polar surface area (TPSA) is 50.2 Å². The van der Waals surface area contributed by atoms with Crippen LogP contribution in [0, 0.1) is 13.8 Å². The van der Waals surface area contributed by atoms with E-state index in [-0.39, 0.29) is 0 Å². The summed E-state index contributed by atoms with van der Waals surface area (Å²) in [5.41, 5.74) is 5.95. The van der Waals surface area contributed by atoms with Gasteiger partial charge in [0.2, 0.25) is 0 Å². The molecule has 1 aromatic carbocycles. The zero-order valence-electron chi connectivity index (χ0n) is 12.5. The number of benzene rings is 1. The summed E-state index contributed by atoms with van der Waals surface area (Å²) in [6.45, 7) is 6.08. The first-order valence-electron chi connectivity index (χ1n) is 6.84. The highest BCUT2D eigenvalue weighted by Crippen LogP contribution is 2.32. The predicted molar refractivity (Wildman–Crippen MR) is 94.2 cm³/mol. The molecule has 0 fully saturated rings. The van der Waals surface area contributed by atoms with Crippen LogP contribution < -0.4 is 5.43 Å². The first-order valence-corrected chi connectivity index (χ1v) is 8.03. The molecule has 0 amide bonds. The molecule has 0 radical (unpaired) electrons. The van der Waals surface area contributed by atoms with Crippen LogP contribution in [-0.4, -0.2) is 15.7 Å². The number of thiophene rings is 1. The molecule has 1 N–H and O–H groups in total. The van der Waals surface area contributed by atoms with Crippen molar-refractivity contribution in [3.05, 3.63) is 51.6 Å². The fourth-order valence-corrected chi connectivity index (χ4v) is 3.49. The van der Waals surface area contributed by atoms with Gasteiger partial charge in [-0.2, -0.15) is 5.10 Å². The molecule has 0 saturated heterocycles. The van der Waals surface area contributed by atoms with Gasteiger partial charge in [-0.3, -0.25) is 5.43 Å². The maximum atomic E-state index is 6.19. The number of hydrazone groups is 1. The van der Waals surface area contributed by atoms with Crippen molar-refractivity contribution in [3.8, 4) is 0 Å². The van der Waals surface area contributed by atoms with Gasteiger partial charge in [-0.25, -0.2) is 9.97 Å². The molecular formula is C16H15ClN4S. The molecule has 0 unspecified atom stereocenters. The summed E-state index contributed by atoms with van der Waals surface area (Å²) in [5, 5.41) is 6.13. The van der Waals surface area contributed by atoms with Crippen molar-refractivity contribution in [2.75, 3.05) is 5.43 Å². The van der Waals surface area contributed by atoms with E-state index in [4.69, 9.17) is 11.6 Å². The van der Waals surface area contributed by atoms with Gasteiger partial charge in [-0.15, -0.1) is 11.3 Å². The number of halogens is 1. The SMILES string of the molecule is C/C(=N/Nc1ncnc2sc(C)c(C)c12)c1ccccc1Cl. The predicted octanol–water partition coefficient (Wildman–Crippen LogP) is 4.80. The van der Waals surface area contributed by atoms with Crippen LogP contribution in [0.15, 0.2) is 35.7 Å². The summed E-state index contributed by atoms with van der Waals surface area (Å²) in [6.07, 6.45) is 1.56. The van der Waals surface area contributed by atoms with Crippen molar-refractivity contribution in [2.24, 2.45) is 5.10 Å². The van der Waals surface area contributed by atoms with E-state index < -0.39 is 0 Å². The lowest BCUT2D eigenvalue weighted by Gasteiger charge is -2.06. The van der Waals surface area contributed by atoms with E-state index >= 15 is 0 Å². The van der Waals surface area contributed by atoms with Crippen molar-refractivity contribution in [3.63, 3.8) is 0 Å². The highest BCUT2D eigenvalue weighted by Gasteiger charge is 2.11. The summed E-state index contributed by atoms with van der Waals surface area (Å²) in [4.78, 5) is 10.8. The molecule has 22 heavy (non-hydrogen) atoms. The second-order valence-electron chi connectivity index (χ2n) is 4.97. The second kappa shape index (κ2) is 6.02. The Kier molecular flexibility index (Phi) is 4.09. The van der Waals surface area contributed by atoms with Gasteiger partial charge in [0.05, 0.1) is 11.1 Å². The highest BCUT2D eigenvalue weighted by atomic mass is 35.5. The van der Waals surface area contributed by atoms with Crippen LogP contribution in [-0.2, 0) is 0 Å². The summed E-state index contributed by atoms with van der Waals surface area (Å²) in [6, 6.07) is 7.64. The second-order valence-corrected chi connectivity index (χ2v) is 6.58. The first-order chi connectivity index (χ1) is 10.6. The van der Waals surface area contributed by atoms with Crippen molar-refractivity contribution in [1.29, 1.82) is 0 Å². The average Bonchev–Trinajstić information content (AvgIpc) is 2.81. The van der Waals surface area contributed by atoms with Crippen molar-refractivity contribution in [2.45, 2.75) is 20.8 Å². The van der Waals surface area contributed by atoms with Gasteiger partial charge < -0.3 is 0 Å². The Balaban J connectivity index is 1.97. The maximum Gasteiger partial charge on any atom is 0.158 e. The van der Waals surface area contributed by atoms with E-state index in [0.29, 0.717) is 5.02 Å². The van der Waals surface area contributed by atoms with Gasteiger partial charge in [0, 0.05) is 15.5 Å². The Morgan fingerprint density at radius 3 is 2.77 bits per heavy atom. The molecule has 0 bridgehead atoms. The monoisotopic (exact) mass is 330 g/mol. The lowest BCUT2D eigenvalue weighted by molar-refractivity contribution is 1.18. The number of hydrogen-bond donors (Lipinski definition) is 1. The van der Waals surface area contributed by atoms with E-state index in [1.54, 1.807) is 17.7 Å². The Bertz CT molecular complexity index is 870. The number of nitrogens with one attached hydrogen (secondary N) is 1. The first kappa shape index (κ1) is 14.9. The summed E-state index contributed by atoms with van der Waals surface area (Å²) in [7, 11) is 0. The number of anilines is 1. The van der Waals surface area contributed by atoms with Gasteiger partial charge >= 0.3 is 0 Å². The summed E-state index contributed by atoms with van der Waals surface area (Å²) >= 11 is 7.86. The van der Waals surface area contributed by atoms with Gasteiger partial charge in [-0.1, -0.05) is 29.8 Å². The Hall–Kier alpha value is -1.98. The number of hydrogen-bond acceptors (Lipinski definition) is 5. The molecule has 4 nitrogen and oxygen atoms in total. The molecule has 0 aliphatic heterocycles. The van der Waals surface area contributed by atoms with Crippen molar-refractivity contribution >= 4 is 44.7 Å². The molecule has 0 aliphatic carbocycles. The molecule has 3 rings (SSSR count). The Morgan fingerprint density at radius 1 is 1.23 bits per heavy atom. The standard InChI is InChI=1S/C16H15ClN4S/c1-9-11(3)22-16-14(9)15(18-8-19-16)21-20-10(2)12-6-4-5-7-13(12)17/h4-8H,1-3H3,(H,18,19,21)/b20-10-. The van der Waals surface area contributed by atoms with Gasteiger partial charge in [0.1, 0.15) is 11.2 Å². The lowest BCUT2D eigenvalue weighted by Crippen LogP contribution is -2.02. The number of aryl methyl sites for hydroxylation is 2. The van der Waals surface area contributed by atoms with Crippen molar-refractivity contribution < 1.29 is 0 Å². The summed E-state index contributed by atoms with van der Waals surface area (Å²) in [5.74, 6) is 0.721. The Morgan fingerprint density at radius 2 is 2.00 bits per heavy atom. The molecule has 0 aliphatic rings. The van der Waals surface area contributed by atoms with E-state index in [1.165, 1.54) is 10.4 Å². The van der Waals surface area contributed by atoms with Gasteiger partial charge in [0.25, 0.3) is 0 Å². The quantitative estimate of drug-likeness (QED) is 0.554. The van der Waals surface area contributed by atoms with Crippen LogP contribution >= 0.6 is 22.9 Å². The molecule has 3 aromatic rings. The van der Waals surface area contributed by atoms with Crippen LogP contribution in [0.2, 0.25) is 5.02 Å². The highest BCUT2D eigenvalue weighted by molar-refractivity contribution is 7.18. The van der Waals surface area contributed by atoms with Gasteiger partial charge in [-0.05, 0) is 32.4 Å². The van der Waals surface area contributed by atoms with E-state index in [2.05, 4.69) is 34.3 Å². The minimum Gasteiger partial charge on any atom is -0.260 e. The molecule has 112 valence electrons. The number of rotatable bonds is 3. The molecule has 2 heterocycles. The molecule has 0 saturated carbocycles. The smallest absolute Gasteiger partial charge is 0.158 e. The van der Waals surface area contributed by atoms with Crippen LogP contribution in [0.5, 0.6) is 0 Å². The van der Waals surface area contributed by atoms with Crippen LogP contribution in [0.3, 0.4) is 0 Å². The lowest BCUT2D eigenvalue weighted by atomic mass is 10.1. The third kappa shape index (κ3) is 2.69. The minimum atomic E-state index is 0.681. The number of nitrogens with zero attached hydrogens (tertiary/aromatic N) is 3. The third-order valence-electron chi connectivity index (χ3n) is 3.56. The fourth-order valence-electron chi connectivity index (χ4n) is 2.22. The number of aromatic nitrogens is 2. The molecular weight excluding hydrogens is 316 g/mol. The van der Waals surface area contributed by atoms with E-state index in [0.717, 1.165) is 27.3 Å². The van der Waals surface area contributed by atoms with Crippen LogP contribution in [0.1, 0.15) is 22.9 Å². The molecule has 2 aromatic heterocycles. The zero-order chi connectivity index (χ0) is 15.7. The van der Waals surface area contributed by atoms with Crippen LogP contribution in [0.25, 0.3) is 10.2 Å². The normalized spacial score (nSPS) is 11.9. The van der Waals surface area contributed by atoms with E-state index in [1.807, 2.05) is 31.2 Å². The third-order valence-corrected chi connectivity index (χ3v) is 5.00. The van der Waals surface area contributed by atoms with E-state index in [9.17, 15) is 0 Å². The zero-order valence-corrected chi connectivity index (χ0v) is 14.1. The van der Waals surface area contributed by atoms with Gasteiger partial charge in [0.15, 0.2) is 5.82 Å². The Labute approximate surface area is 137 Å². The molecule has 0 spiro atoms. The fraction of sp³-hybridized carbons (Fsp3) is 0.188. The molecule has 6 heteroatoms. The minimum absolute atomic E-state index is 0.681. The van der Waals surface area contributed by atoms with Crippen molar-refractivity contribution in [1.82, 2.24) is 9.97 Å². The average molecular weight is 331 g/mol. The molecule has 0 atom stereocenters.